The highest BCUT2D eigenvalue weighted by Gasteiger charge is 2.19. The number of hydrogen-bond acceptors (Lipinski definition) is 7. The maximum atomic E-state index is 12.6. The number of rotatable bonds is 9. The molecule has 0 atom stereocenters. The Labute approximate surface area is 197 Å². The zero-order chi connectivity index (χ0) is 24.0. The molecule has 180 valence electrons. The van der Waals surface area contributed by atoms with E-state index in [2.05, 4.69) is 15.1 Å². The first-order valence-corrected chi connectivity index (χ1v) is 12.3. The third kappa shape index (κ3) is 5.86. The zero-order valence-electron chi connectivity index (χ0n) is 18.7. The molecule has 2 N–H and O–H groups in total. The molecule has 0 saturated carbocycles. The highest BCUT2D eigenvalue weighted by molar-refractivity contribution is 7.89. The van der Waals surface area contributed by atoms with Crippen molar-refractivity contribution in [3.8, 4) is 22.9 Å². The fourth-order valence-corrected chi connectivity index (χ4v) is 4.35. The number of aromatic nitrogens is 2. The van der Waals surface area contributed by atoms with Crippen LogP contribution in [0.3, 0.4) is 0 Å². The summed E-state index contributed by atoms with van der Waals surface area (Å²) in [4.78, 5) is 12.2. The summed E-state index contributed by atoms with van der Waals surface area (Å²) < 4.78 is 45.5. The Morgan fingerprint density at radius 3 is 2.62 bits per heavy atom. The van der Waals surface area contributed by atoms with Gasteiger partial charge < -0.3 is 19.5 Å². The molecule has 0 fully saturated rings. The van der Waals surface area contributed by atoms with Crippen LogP contribution in [0.1, 0.15) is 18.5 Å². The fourth-order valence-electron chi connectivity index (χ4n) is 3.31. The zero-order valence-corrected chi connectivity index (χ0v) is 19.5. The summed E-state index contributed by atoms with van der Waals surface area (Å²) in [6, 6.07) is 13.7. The summed E-state index contributed by atoms with van der Waals surface area (Å²) >= 11 is 0. The van der Waals surface area contributed by atoms with Crippen molar-refractivity contribution in [2.24, 2.45) is 0 Å². The van der Waals surface area contributed by atoms with Gasteiger partial charge in [0.1, 0.15) is 5.75 Å². The molecule has 3 aromatic rings. The molecule has 34 heavy (non-hydrogen) atoms. The summed E-state index contributed by atoms with van der Waals surface area (Å²) in [5, 5.41) is 7.19. The topological polar surface area (TPSA) is 121 Å². The van der Waals surface area contributed by atoms with E-state index >= 15 is 0 Å². The highest BCUT2D eigenvalue weighted by Crippen LogP contribution is 2.31. The number of hydrogen-bond donors (Lipinski definition) is 2. The van der Waals surface area contributed by atoms with Gasteiger partial charge >= 0.3 is 0 Å². The van der Waals surface area contributed by atoms with Crippen molar-refractivity contribution in [3.05, 3.63) is 60.4 Å². The normalized spacial score (nSPS) is 13.2. The first kappa shape index (κ1) is 23.6. The van der Waals surface area contributed by atoms with Crippen LogP contribution < -0.4 is 24.2 Å². The Kier molecular flexibility index (Phi) is 7.33. The van der Waals surface area contributed by atoms with E-state index in [9.17, 15) is 13.2 Å². The fraction of sp³-hybridized carbons (Fsp3) is 0.304. The van der Waals surface area contributed by atoms with Crippen molar-refractivity contribution in [1.29, 1.82) is 0 Å². The van der Waals surface area contributed by atoms with E-state index in [0.29, 0.717) is 30.4 Å². The molecule has 1 amide bonds. The number of nitrogens with one attached hydrogen (secondary N) is 2. The number of amides is 1. The number of sulfonamides is 1. The van der Waals surface area contributed by atoms with Crippen LogP contribution in [-0.2, 0) is 21.4 Å². The summed E-state index contributed by atoms with van der Waals surface area (Å²) in [7, 11) is -2.19. The van der Waals surface area contributed by atoms with Gasteiger partial charge in [-0.25, -0.2) is 17.8 Å². The lowest BCUT2D eigenvalue weighted by Gasteiger charge is -2.11. The lowest BCUT2D eigenvalue weighted by atomic mass is 10.3. The summed E-state index contributed by atoms with van der Waals surface area (Å²) in [5.74, 6) is 1.38. The van der Waals surface area contributed by atoms with Crippen LogP contribution in [0.5, 0.6) is 17.2 Å². The van der Waals surface area contributed by atoms with E-state index in [-0.39, 0.29) is 30.3 Å². The number of fused-ring (bicyclic) bond motifs is 1. The maximum absolute atomic E-state index is 12.6. The molecule has 0 aliphatic carbocycles. The number of nitrogens with zero attached hydrogens (tertiary/aromatic N) is 2. The first-order chi connectivity index (χ1) is 16.4. The number of benzene rings is 2. The molecule has 1 aromatic heterocycles. The van der Waals surface area contributed by atoms with Gasteiger partial charge in [0, 0.05) is 31.6 Å². The first-order valence-electron chi connectivity index (χ1n) is 10.8. The van der Waals surface area contributed by atoms with Crippen molar-refractivity contribution in [2.45, 2.75) is 24.3 Å². The molecule has 2 heterocycles. The van der Waals surface area contributed by atoms with Crippen molar-refractivity contribution in [2.75, 3.05) is 26.9 Å². The van der Waals surface area contributed by atoms with Gasteiger partial charge in [-0.2, -0.15) is 5.10 Å². The molecule has 1 aliphatic rings. The average molecular weight is 487 g/mol. The van der Waals surface area contributed by atoms with Crippen LogP contribution in [0, 0.1) is 0 Å². The molecule has 0 saturated heterocycles. The van der Waals surface area contributed by atoms with Gasteiger partial charge in [-0.15, -0.1) is 0 Å². The lowest BCUT2D eigenvalue weighted by molar-refractivity contribution is -0.121. The van der Waals surface area contributed by atoms with E-state index in [1.807, 2.05) is 24.3 Å². The molecular formula is C23H26N4O6S. The van der Waals surface area contributed by atoms with Crippen LogP contribution in [0.2, 0.25) is 0 Å². The molecule has 0 radical (unpaired) electrons. The van der Waals surface area contributed by atoms with Crippen molar-refractivity contribution in [1.82, 2.24) is 19.8 Å². The average Bonchev–Trinajstić information content (AvgIpc) is 3.19. The maximum Gasteiger partial charge on any atom is 0.240 e. The number of methoxy groups -OCH3 is 1. The highest BCUT2D eigenvalue weighted by atomic mass is 32.2. The van der Waals surface area contributed by atoms with Gasteiger partial charge in [0.2, 0.25) is 15.9 Å². The number of carbonyl (C=O) groups excluding carboxylic acids is 1. The van der Waals surface area contributed by atoms with Crippen molar-refractivity contribution < 1.29 is 27.4 Å². The van der Waals surface area contributed by atoms with Crippen LogP contribution >= 0.6 is 0 Å². The third-order valence-electron chi connectivity index (χ3n) is 5.12. The minimum Gasteiger partial charge on any atom is -0.497 e. The molecule has 0 spiro atoms. The smallest absolute Gasteiger partial charge is 0.240 e. The van der Waals surface area contributed by atoms with E-state index in [0.717, 1.165) is 17.9 Å². The third-order valence-corrected chi connectivity index (χ3v) is 6.58. The number of carbonyl (C=O) groups is 1. The van der Waals surface area contributed by atoms with Gasteiger partial charge in [0.15, 0.2) is 11.5 Å². The second-order valence-corrected chi connectivity index (χ2v) is 9.30. The Hall–Kier alpha value is -3.57. The Balaban J connectivity index is 1.25. The van der Waals surface area contributed by atoms with Gasteiger partial charge in [-0.1, -0.05) is 0 Å². The Bertz CT molecular complexity index is 1240. The summed E-state index contributed by atoms with van der Waals surface area (Å²) in [6.07, 6.45) is 2.52. The molecule has 2 aromatic carbocycles. The predicted octanol–water partition coefficient (Wildman–Crippen LogP) is 2.03. The standard InChI is InChI=1S/C23H26N4O6S/c1-31-19-5-3-18(4-6-19)27-12-10-17(26-27)16-24-23(28)9-11-25-34(29,30)20-7-8-21-22(15-20)33-14-2-13-32-21/h3-8,10,12,15,25H,2,9,11,13-14,16H2,1H3,(H,24,28). The second kappa shape index (κ2) is 10.6. The SMILES string of the molecule is COc1ccc(-n2ccc(CNC(=O)CCNS(=O)(=O)c3ccc4c(c3)OCCCO4)n2)cc1. The monoisotopic (exact) mass is 486 g/mol. The number of ether oxygens (including phenoxy) is 3. The van der Waals surface area contributed by atoms with Gasteiger partial charge in [0.05, 0.1) is 43.1 Å². The van der Waals surface area contributed by atoms with Gasteiger partial charge in [-0.3, -0.25) is 4.79 Å². The van der Waals surface area contributed by atoms with E-state index in [1.54, 1.807) is 30.1 Å². The molecule has 10 nitrogen and oxygen atoms in total. The van der Waals surface area contributed by atoms with Gasteiger partial charge in [-0.05, 0) is 42.5 Å². The quantitative estimate of drug-likeness (QED) is 0.475. The molecule has 4 rings (SSSR count). The van der Waals surface area contributed by atoms with Gasteiger partial charge in [0.25, 0.3) is 0 Å². The molecule has 1 aliphatic heterocycles. The molecular weight excluding hydrogens is 460 g/mol. The minimum atomic E-state index is -3.79. The Morgan fingerprint density at radius 1 is 1.09 bits per heavy atom. The predicted molar refractivity (Wildman–Crippen MR) is 124 cm³/mol. The van der Waals surface area contributed by atoms with E-state index in [4.69, 9.17) is 14.2 Å². The minimum absolute atomic E-state index is 0.0109. The van der Waals surface area contributed by atoms with Crippen LogP contribution in [-0.4, -0.2) is 51.0 Å². The van der Waals surface area contributed by atoms with Crippen molar-refractivity contribution in [3.63, 3.8) is 0 Å². The molecule has 11 heteroatoms. The molecule has 0 bridgehead atoms. The van der Waals surface area contributed by atoms with Crippen LogP contribution in [0.15, 0.2) is 59.6 Å². The second-order valence-electron chi connectivity index (χ2n) is 7.53. The van der Waals surface area contributed by atoms with Crippen LogP contribution in [0.25, 0.3) is 5.69 Å². The van der Waals surface area contributed by atoms with Crippen molar-refractivity contribution >= 4 is 15.9 Å². The summed E-state index contributed by atoms with van der Waals surface area (Å²) in [5.41, 5.74) is 1.54. The van der Waals surface area contributed by atoms with E-state index < -0.39 is 10.0 Å². The van der Waals surface area contributed by atoms with E-state index in [1.165, 1.54) is 12.1 Å². The molecule has 0 unspecified atom stereocenters. The Morgan fingerprint density at radius 2 is 1.85 bits per heavy atom. The largest absolute Gasteiger partial charge is 0.497 e. The lowest BCUT2D eigenvalue weighted by Crippen LogP contribution is -2.30. The van der Waals surface area contributed by atoms with Crippen LogP contribution in [0.4, 0.5) is 0 Å². The summed E-state index contributed by atoms with van der Waals surface area (Å²) in [6.45, 7) is 1.18.